The van der Waals surface area contributed by atoms with E-state index >= 15 is 0 Å². The molecule has 4 atom stereocenters. The summed E-state index contributed by atoms with van der Waals surface area (Å²) in [4.78, 5) is 26.0. The zero-order valence-electron chi connectivity index (χ0n) is 24.3. The molecule has 2 aliphatic rings. The number of aliphatic hydroxyl groups excluding tert-OH is 1. The lowest BCUT2D eigenvalue weighted by atomic mass is 9.89. The van der Waals surface area contributed by atoms with Crippen molar-refractivity contribution in [3.63, 3.8) is 0 Å². The summed E-state index contributed by atoms with van der Waals surface area (Å²) in [5.41, 5.74) is 3.79. The summed E-state index contributed by atoms with van der Waals surface area (Å²) in [7, 11) is 0. The van der Waals surface area contributed by atoms with E-state index in [1.807, 2.05) is 48.5 Å². The summed E-state index contributed by atoms with van der Waals surface area (Å²) in [6, 6.07) is 15.4. The molecule has 0 spiro atoms. The van der Waals surface area contributed by atoms with Crippen molar-refractivity contribution in [1.82, 2.24) is 15.5 Å². The molecule has 0 aliphatic carbocycles. The Morgan fingerprint density at radius 1 is 0.902 bits per heavy atom. The minimum absolute atomic E-state index is 0.000122. The highest BCUT2D eigenvalue weighted by Crippen LogP contribution is 2.42. The number of rotatable bonds is 10. The largest absolute Gasteiger partial charge is 0.465 e. The van der Waals surface area contributed by atoms with Crippen LogP contribution in [0.5, 0.6) is 0 Å². The molecule has 2 fully saturated rings. The molecule has 2 aliphatic heterocycles. The number of amides is 2. The maximum atomic E-state index is 12.0. The van der Waals surface area contributed by atoms with Gasteiger partial charge < -0.3 is 34.9 Å². The number of likely N-dealkylation sites (tertiary alicyclic amines) is 1. The van der Waals surface area contributed by atoms with Crippen LogP contribution in [0.1, 0.15) is 80.6 Å². The van der Waals surface area contributed by atoms with E-state index in [1.165, 1.54) is 32.1 Å². The van der Waals surface area contributed by atoms with Crippen LogP contribution in [0.3, 0.4) is 0 Å². The van der Waals surface area contributed by atoms with Gasteiger partial charge in [0.25, 0.3) is 0 Å². The van der Waals surface area contributed by atoms with E-state index in [0.29, 0.717) is 6.54 Å². The van der Waals surface area contributed by atoms with Crippen molar-refractivity contribution in [3.05, 3.63) is 70.8 Å². The van der Waals surface area contributed by atoms with Crippen LogP contribution in [0.4, 0.5) is 4.79 Å². The highest BCUT2D eigenvalue weighted by molar-refractivity contribution is 5.80. The summed E-state index contributed by atoms with van der Waals surface area (Å²) in [5, 5.41) is 14.8. The highest BCUT2D eigenvalue weighted by Gasteiger charge is 2.39. The molecule has 3 N–H and O–H groups in total. The SMILES string of the molecule is CCOC(=O)CNC(=O)NCc1ccc([C@@H]2O[C@H](CN3CCCCCCC3)[C@H](C)[C@H](c3ccc(CO)cc3)O2)cc1. The van der Waals surface area contributed by atoms with Crippen molar-refractivity contribution in [3.8, 4) is 0 Å². The molecule has 224 valence electrons. The van der Waals surface area contributed by atoms with Gasteiger partial charge in [-0.2, -0.15) is 0 Å². The van der Waals surface area contributed by atoms with Gasteiger partial charge in [0.05, 0.1) is 25.4 Å². The fourth-order valence-electron chi connectivity index (χ4n) is 5.48. The van der Waals surface area contributed by atoms with Gasteiger partial charge in [-0.3, -0.25) is 4.79 Å². The molecule has 4 rings (SSSR count). The standard InChI is InChI=1S/C32H45N3O6/c1-3-39-29(37)20-34-32(38)33-19-24-9-15-27(16-10-24)31-40-28(21-35-17-7-5-4-6-8-18-35)23(2)30(41-31)26-13-11-25(22-36)12-14-26/h9-16,23,28,30-31,36H,3-8,17-22H2,1-2H3,(H2,33,34,38)/t23-,28+,30+,31+/m0/s1. The van der Waals surface area contributed by atoms with Gasteiger partial charge in [-0.15, -0.1) is 0 Å². The van der Waals surface area contributed by atoms with Crippen molar-refractivity contribution < 1.29 is 28.9 Å². The van der Waals surface area contributed by atoms with Gasteiger partial charge >= 0.3 is 12.0 Å². The Labute approximate surface area is 243 Å². The first-order valence-electron chi connectivity index (χ1n) is 15.0. The van der Waals surface area contributed by atoms with Crippen LogP contribution in [0, 0.1) is 5.92 Å². The number of hydrogen-bond donors (Lipinski definition) is 3. The first-order chi connectivity index (χ1) is 20.0. The van der Waals surface area contributed by atoms with E-state index in [9.17, 15) is 14.7 Å². The highest BCUT2D eigenvalue weighted by atomic mass is 16.7. The van der Waals surface area contributed by atoms with Crippen molar-refractivity contribution >= 4 is 12.0 Å². The van der Waals surface area contributed by atoms with Gasteiger partial charge in [-0.1, -0.05) is 74.7 Å². The van der Waals surface area contributed by atoms with Crippen LogP contribution in [0.25, 0.3) is 0 Å². The summed E-state index contributed by atoms with van der Waals surface area (Å²) in [6.07, 6.45) is 5.69. The maximum Gasteiger partial charge on any atom is 0.325 e. The smallest absolute Gasteiger partial charge is 0.325 e. The number of benzene rings is 2. The van der Waals surface area contributed by atoms with E-state index in [1.54, 1.807) is 6.92 Å². The molecule has 2 aromatic carbocycles. The molecule has 9 heteroatoms. The quantitative estimate of drug-likeness (QED) is 0.360. The maximum absolute atomic E-state index is 12.0. The number of ether oxygens (including phenoxy) is 3. The van der Waals surface area contributed by atoms with Crippen LogP contribution in [-0.4, -0.2) is 60.9 Å². The van der Waals surface area contributed by atoms with Crippen molar-refractivity contribution in [2.45, 2.75) is 77.6 Å². The number of aliphatic hydroxyl groups is 1. The van der Waals surface area contributed by atoms with E-state index in [-0.39, 0.29) is 37.9 Å². The summed E-state index contributed by atoms with van der Waals surface area (Å²) < 4.78 is 18.1. The number of nitrogens with zero attached hydrogens (tertiary/aromatic N) is 1. The molecule has 0 bridgehead atoms. The van der Waals surface area contributed by atoms with Crippen molar-refractivity contribution in [2.75, 3.05) is 32.8 Å². The first kappa shape index (κ1) is 31.0. The van der Waals surface area contributed by atoms with Crippen LogP contribution in [-0.2, 0) is 32.2 Å². The lowest BCUT2D eigenvalue weighted by molar-refractivity contribution is -0.276. The Balaban J connectivity index is 1.43. The predicted molar refractivity (Wildman–Crippen MR) is 156 cm³/mol. The van der Waals surface area contributed by atoms with Crippen molar-refractivity contribution in [1.29, 1.82) is 0 Å². The zero-order valence-corrected chi connectivity index (χ0v) is 24.3. The van der Waals surface area contributed by atoms with Gasteiger partial charge in [0.2, 0.25) is 0 Å². The molecule has 0 unspecified atom stereocenters. The summed E-state index contributed by atoms with van der Waals surface area (Å²) in [5.74, 6) is -0.325. The lowest BCUT2D eigenvalue weighted by Gasteiger charge is -2.43. The van der Waals surface area contributed by atoms with Gasteiger partial charge in [-0.05, 0) is 49.5 Å². The Bertz CT molecular complexity index is 1090. The average molecular weight is 568 g/mol. The number of hydrogen-bond acceptors (Lipinski definition) is 7. The summed E-state index contributed by atoms with van der Waals surface area (Å²) in [6.45, 7) is 7.43. The number of nitrogens with one attached hydrogen (secondary N) is 2. The molecular formula is C32H45N3O6. The molecule has 0 radical (unpaired) electrons. The van der Waals surface area contributed by atoms with Crippen LogP contribution in [0.15, 0.2) is 48.5 Å². The van der Waals surface area contributed by atoms with Crippen LogP contribution < -0.4 is 10.6 Å². The third-order valence-electron chi connectivity index (χ3n) is 7.91. The van der Waals surface area contributed by atoms with E-state index in [0.717, 1.165) is 41.9 Å². The van der Waals surface area contributed by atoms with Gasteiger partial charge in [0, 0.05) is 24.6 Å². The normalized spacial score (nSPS) is 23.7. The fourth-order valence-corrected chi connectivity index (χ4v) is 5.48. The summed E-state index contributed by atoms with van der Waals surface area (Å²) >= 11 is 0. The number of carbonyl (C=O) groups excluding carboxylic acids is 2. The topological polar surface area (TPSA) is 109 Å². The molecule has 2 amide bonds. The van der Waals surface area contributed by atoms with Gasteiger partial charge in [0.15, 0.2) is 6.29 Å². The van der Waals surface area contributed by atoms with E-state index in [2.05, 4.69) is 22.5 Å². The average Bonchev–Trinajstić information content (AvgIpc) is 2.97. The second kappa shape index (κ2) is 15.9. The third kappa shape index (κ3) is 9.26. The molecule has 0 saturated carbocycles. The minimum atomic E-state index is -0.525. The first-order valence-corrected chi connectivity index (χ1v) is 15.0. The molecule has 2 aromatic rings. The molecule has 41 heavy (non-hydrogen) atoms. The van der Waals surface area contributed by atoms with E-state index < -0.39 is 18.3 Å². The monoisotopic (exact) mass is 567 g/mol. The van der Waals surface area contributed by atoms with Gasteiger partial charge in [-0.25, -0.2) is 4.79 Å². The molecule has 9 nitrogen and oxygen atoms in total. The van der Waals surface area contributed by atoms with Crippen LogP contribution in [0.2, 0.25) is 0 Å². The number of urea groups is 1. The number of esters is 1. The second-order valence-electron chi connectivity index (χ2n) is 11.0. The van der Waals surface area contributed by atoms with Gasteiger partial charge in [0.1, 0.15) is 6.54 Å². The minimum Gasteiger partial charge on any atom is -0.465 e. The molecular weight excluding hydrogens is 522 g/mol. The number of carbonyl (C=O) groups is 2. The Kier molecular flexibility index (Phi) is 12.0. The Hall–Kier alpha value is -2.98. The molecule has 2 saturated heterocycles. The molecule has 2 heterocycles. The van der Waals surface area contributed by atoms with Crippen molar-refractivity contribution in [2.24, 2.45) is 5.92 Å². The fraction of sp³-hybridized carbons (Fsp3) is 0.562. The van der Waals surface area contributed by atoms with Crippen LogP contribution >= 0.6 is 0 Å². The molecule has 0 aromatic heterocycles. The Morgan fingerprint density at radius 2 is 1.54 bits per heavy atom. The zero-order chi connectivity index (χ0) is 29.0. The Morgan fingerprint density at radius 3 is 2.20 bits per heavy atom. The third-order valence-corrected chi connectivity index (χ3v) is 7.91. The van der Waals surface area contributed by atoms with E-state index in [4.69, 9.17) is 14.2 Å². The predicted octanol–water partition coefficient (Wildman–Crippen LogP) is 4.60. The lowest BCUT2D eigenvalue weighted by Crippen LogP contribution is -2.45. The second-order valence-corrected chi connectivity index (χ2v) is 11.0.